The van der Waals surface area contributed by atoms with E-state index in [9.17, 15) is 20.4 Å². The van der Waals surface area contributed by atoms with Crippen LogP contribution >= 0.6 is 0 Å². The lowest BCUT2D eigenvalue weighted by Crippen LogP contribution is -2.62. The molecule has 4 atom stereocenters. The summed E-state index contributed by atoms with van der Waals surface area (Å²) in [5, 5.41) is 39.4. The molecule has 0 unspecified atom stereocenters. The molecular weight excluding hydrogens is 422 g/mol. The molecule has 1 fully saturated rings. The van der Waals surface area contributed by atoms with Gasteiger partial charge in [0.1, 0.15) is 18.0 Å². The first-order valence-corrected chi connectivity index (χ1v) is 11.6. The Bertz CT molecular complexity index is 1040. The van der Waals surface area contributed by atoms with Gasteiger partial charge in [-0.2, -0.15) is 0 Å². The van der Waals surface area contributed by atoms with Crippen molar-refractivity contribution in [2.24, 2.45) is 0 Å². The van der Waals surface area contributed by atoms with Crippen molar-refractivity contribution >= 4 is 11.0 Å². The molecule has 4 N–H and O–H groups in total. The number of nitrogens with zero attached hydrogens (tertiary/aromatic N) is 5. The van der Waals surface area contributed by atoms with Gasteiger partial charge in [0.2, 0.25) is 0 Å². The number of benzene rings is 1. The van der Waals surface area contributed by atoms with E-state index >= 15 is 0 Å². The lowest BCUT2D eigenvalue weighted by molar-refractivity contribution is -0.145. The maximum atomic E-state index is 10.1. The first-order chi connectivity index (χ1) is 16.0. The Morgan fingerprint density at radius 1 is 0.970 bits per heavy atom. The molecule has 2 aromatic heterocycles. The van der Waals surface area contributed by atoms with Crippen LogP contribution < -0.4 is 0 Å². The van der Waals surface area contributed by atoms with Crippen molar-refractivity contribution < 1.29 is 20.4 Å². The molecule has 0 spiro atoms. The number of hydrogen-bond donors (Lipinski definition) is 4. The zero-order chi connectivity index (χ0) is 23.4. The summed E-state index contributed by atoms with van der Waals surface area (Å²) in [5.41, 5.74) is 3.00. The Morgan fingerprint density at radius 3 is 2.42 bits per heavy atom. The van der Waals surface area contributed by atoms with Gasteiger partial charge in [0.15, 0.2) is 5.82 Å². The first kappa shape index (κ1) is 23.7. The Hall–Kier alpha value is -2.43. The molecule has 9 nitrogen and oxygen atoms in total. The van der Waals surface area contributed by atoms with Crippen molar-refractivity contribution in [2.75, 3.05) is 19.7 Å². The number of β-amino-alcohol motifs (C(OH)–C–C–N with tert-alkyl or cyclic N) is 1. The summed E-state index contributed by atoms with van der Waals surface area (Å²) >= 11 is 0. The highest BCUT2D eigenvalue weighted by molar-refractivity contribution is 5.81. The fourth-order valence-corrected chi connectivity index (χ4v) is 4.69. The molecule has 3 heterocycles. The zero-order valence-corrected chi connectivity index (χ0v) is 19.0. The number of unbranched alkanes of at least 4 members (excludes halogenated alkanes) is 3. The standard InChI is InChI=1S/C24H33N5O4/c1-16-27-18-13-17(24-25-9-6-10-26-24)7-8-19(18)29(16)12-5-3-2-4-11-28-14-21(31)23(33)22(32)20(28)15-30/h6-10,13,20-23,30-33H,2-5,11-12,14-15H2,1H3/t20-,21+,22-,23-/m1/s1. The molecule has 178 valence electrons. The lowest BCUT2D eigenvalue weighted by Gasteiger charge is -2.43. The fraction of sp³-hybridized carbons (Fsp3) is 0.542. The Balaban J connectivity index is 1.28. The third kappa shape index (κ3) is 5.23. The number of aryl methyl sites for hydroxylation is 2. The molecule has 1 aromatic carbocycles. The normalized spacial score (nSPS) is 23.9. The second-order valence-corrected chi connectivity index (χ2v) is 8.79. The second-order valence-electron chi connectivity index (χ2n) is 8.79. The third-order valence-corrected chi connectivity index (χ3v) is 6.56. The number of rotatable bonds is 9. The van der Waals surface area contributed by atoms with Crippen molar-refractivity contribution in [1.29, 1.82) is 0 Å². The van der Waals surface area contributed by atoms with Gasteiger partial charge in [0.05, 0.1) is 29.8 Å². The largest absolute Gasteiger partial charge is 0.395 e. The van der Waals surface area contributed by atoms with Crippen LogP contribution in [0.2, 0.25) is 0 Å². The monoisotopic (exact) mass is 455 g/mol. The second kappa shape index (κ2) is 10.7. The Labute approximate surface area is 193 Å². The van der Waals surface area contributed by atoms with Gasteiger partial charge >= 0.3 is 0 Å². The minimum absolute atomic E-state index is 0.240. The van der Waals surface area contributed by atoms with Crippen molar-refractivity contribution in [1.82, 2.24) is 24.4 Å². The summed E-state index contributed by atoms with van der Waals surface area (Å²) in [6, 6.07) is 7.41. The van der Waals surface area contributed by atoms with Gasteiger partial charge in [-0.05, 0) is 50.6 Å². The molecule has 0 bridgehead atoms. The number of aliphatic hydroxyl groups is 4. The van der Waals surface area contributed by atoms with Crippen LogP contribution in [0.5, 0.6) is 0 Å². The summed E-state index contributed by atoms with van der Waals surface area (Å²) in [4.78, 5) is 15.2. The fourth-order valence-electron chi connectivity index (χ4n) is 4.69. The molecule has 1 aliphatic rings. The topological polar surface area (TPSA) is 128 Å². The van der Waals surface area contributed by atoms with Crippen molar-refractivity contribution in [3.63, 3.8) is 0 Å². The first-order valence-electron chi connectivity index (χ1n) is 11.6. The van der Waals surface area contributed by atoms with E-state index in [2.05, 4.69) is 20.6 Å². The van der Waals surface area contributed by atoms with Crippen LogP contribution in [0.25, 0.3) is 22.4 Å². The number of piperidine rings is 1. The number of aromatic nitrogens is 4. The smallest absolute Gasteiger partial charge is 0.159 e. The number of imidazole rings is 1. The molecule has 3 aromatic rings. The van der Waals surface area contributed by atoms with Crippen molar-refractivity contribution in [2.45, 2.75) is 63.5 Å². The average Bonchev–Trinajstić information content (AvgIpc) is 3.14. The SMILES string of the molecule is Cc1nc2cc(-c3ncccn3)ccc2n1CCCCCCN1C[C@H](O)[C@@H](O)[C@H](O)[C@H]1CO. The quantitative estimate of drug-likeness (QED) is 0.354. The van der Waals surface area contributed by atoms with Gasteiger partial charge in [-0.1, -0.05) is 12.8 Å². The van der Waals surface area contributed by atoms with E-state index in [1.54, 1.807) is 18.5 Å². The van der Waals surface area contributed by atoms with Crippen molar-refractivity contribution in [3.8, 4) is 11.4 Å². The molecule has 0 aliphatic carbocycles. The van der Waals surface area contributed by atoms with Crippen LogP contribution in [0, 0.1) is 6.92 Å². The van der Waals surface area contributed by atoms with E-state index < -0.39 is 24.4 Å². The van der Waals surface area contributed by atoms with Crippen LogP contribution in [0.15, 0.2) is 36.7 Å². The van der Waals surface area contributed by atoms with Crippen LogP contribution in [-0.2, 0) is 6.54 Å². The molecule has 33 heavy (non-hydrogen) atoms. The molecule has 0 radical (unpaired) electrons. The number of fused-ring (bicyclic) bond motifs is 1. The maximum Gasteiger partial charge on any atom is 0.159 e. The van der Waals surface area contributed by atoms with Crippen LogP contribution in [0.1, 0.15) is 31.5 Å². The van der Waals surface area contributed by atoms with E-state index in [4.69, 9.17) is 4.98 Å². The van der Waals surface area contributed by atoms with Gasteiger partial charge in [-0.3, -0.25) is 4.90 Å². The van der Waals surface area contributed by atoms with Crippen LogP contribution in [0.3, 0.4) is 0 Å². The maximum absolute atomic E-state index is 10.1. The molecule has 9 heteroatoms. The van der Waals surface area contributed by atoms with E-state index in [-0.39, 0.29) is 13.2 Å². The molecule has 1 saturated heterocycles. The summed E-state index contributed by atoms with van der Waals surface area (Å²) in [7, 11) is 0. The average molecular weight is 456 g/mol. The molecule has 1 aliphatic heterocycles. The number of hydrogen-bond acceptors (Lipinski definition) is 8. The molecule has 0 saturated carbocycles. The predicted octanol–water partition coefficient (Wildman–Crippen LogP) is 1.12. The Kier molecular flexibility index (Phi) is 7.67. The summed E-state index contributed by atoms with van der Waals surface area (Å²) in [6.45, 7) is 3.60. The van der Waals surface area contributed by atoms with E-state index in [0.717, 1.165) is 54.6 Å². The summed E-state index contributed by atoms with van der Waals surface area (Å²) in [6.07, 6.45) is 4.10. The van der Waals surface area contributed by atoms with Crippen LogP contribution in [0.4, 0.5) is 0 Å². The van der Waals surface area contributed by atoms with Gasteiger partial charge in [0, 0.05) is 31.0 Å². The molecular formula is C24H33N5O4. The summed E-state index contributed by atoms with van der Waals surface area (Å²) in [5.74, 6) is 1.68. The van der Waals surface area contributed by atoms with E-state index in [1.165, 1.54) is 0 Å². The van der Waals surface area contributed by atoms with E-state index in [0.29, 0.717) is 12.4 Å². The number of likely N-dealkylation sites (tertiary alicyclic amines) is 1. The van der Waals surface area contributed by atoms with E-state index in [1.807, 2.05) is 24.0 Å². The number of aliphatic hydroxyl groups excluding tert-OH is 4. The highest BCUT2D eigenvalue weighted by atomic mass is 16.4. The van der Waals surface area contributed by atoms with Gasteiger partial charge < -0.3 is 25.0 Å². The molecule has 0 amide bonds. The van der Waals surface area contributed by atoms with Gasteiger partial charge in [-0.25, -0.2) is 15.0 Å². The minimum Gasteiger partial charge on any atom is -0.395 e. The van der Waals surface area contributed by atoms with Crippen LogP contribution in [-0.4, -0.2) is 88.9 Å². The Morgan fingerprint density at radius 2 is 1.70 bits per heavy atom. The van der Waals surface area contributed by atoms with Gasteiger partial charge in [0.25, 0.3) is 0 Å². The van der Waals surface area contributed by atoms with Crippen molar-refractivity contribution in [3.05, 3.63) is 42.5 Å². The minimum atomic E-state index is -1.21. The summed E-state index contributed by atoms with van der Waals surface area (Å²) < 4.78 is 2.24. The highest BCUT2D eigenvalue weighted by Crippen LogP contribution is 2.23. The predicted molar refractivity (Wildman–Crippen MR) is 124 cm³/mol. The zero-order valence-electron chi connectivity index (χ0n) is 19.0. The third-order valence-electron chi connectivity index (χ3n) is 6.56. The lowest BCUT2D eigenvalue weighted by atomic mass is 9.94. The molecule has 4 rings (SSSR count). The van der Waals surface area contributed by atoms with Gasteiger partial charge in [-0.15, -0.1) is 0 Å². The highest BCUT2D eigenvalue weighted by Gasteiger charge is 2.40.